The molecular formula is C17H21NO3. The third-order valence-electron chi connectivity index (χ3n) is 3.12. The van der Waals surface area contributed by atoms with Gasteiger partial charge in [-0.05, 0) is 36.8 Å². The van der Waals surface area contributed by atoms with E-state index in [9.17, 15) is 5.11 Å². The second-order valence-electron chi connectivity index (χ2n) is 4.63. The second kappa shape index (κ2) is 7.55. The molecule has 2 aromatic carbocycles. The minimum Gasteiger partial charge on any atom is -0.497 e. The molecule has 0 spiro atoms. The predicted octanol–water partition coefficient (Wildman–Crippen LogP) is 3.24. The van der Waals surface area contributed by atoms with Gasteiger partial charge in [0.2, 0.25) is 0 Å². The van der Waals surface area contributed by atoms with Gasteiger partial charge in [0.1, 0.15) is 11.5 Å². The van der Waals surface area contributed by atoms with Crippen LogP contribution in [0, 0.1) is 0 Å². The number of hydrogen-bond donors (Lipinski definition) is 2. The van der Waals surface area contributed by atoms with E-state index < -0.39 is 6.10 Å². The molecule has 112 valence electrons. The normalized spacial score (nSPS) is 11.8. The molecule has 0 saturated heterocycles. The lowest BCUT2D eigenvalue weighted by Crippen LogP contribution is -2.12. The van der Waals surface area contributed by atoms with E-state index in [0.29, 0.717) is 13.2 Å². The fraction of sp³-hybridized carbons (Fsp3) is 0.294. The predicted molar refractivity (Wildman–Crippen MR) is 84.1 cm³/mol. The van der Waals surface area contributed by atoms with Crippen molar-refractivity contribution in [2.45, 2.75) is 13.0 Å². The molecule has 0 fully saturated rings. The van der Waals surface area contributed by atoms with Crippen molar-refractivity contribution < 1.29 is 14.6 Å². The van der Waals surface area contributed by atoms with Crippen LogP contribution in [0.3, 0.4) is 0 Å². The lowest BCUT2D eigenvalue weighted by Gasteiger charge is -2.14. The smallest absolute Gasteiger partial charge is 0.121 e. The van der Waals surface area contributed by atoms with Gasteiger partial charge in [0.05, 0.1) is 19.8 Å². The number of rotatable bonds is 7. The van der Waals surface area contributed by atoms with Crippen LogP contribution in [-0.4, -0.2) is 25.4 Å². The van der Waals surface area contributed by atoms with E-state index in [1.165, 1.54) is 0 Å². The van der Waals surface area contributed by atoms with Crippen molar-refractivity contribution in [3.63, 3.8) is 0 Å². The summed E-state index contributed by atoms with van der Waals surface area (Å²) in [6, 6.07) is 15.1. The number of anilines is 1. The molecule has 21 heavy (non-hydrogen) atoms. The zero-order chi connectivity index (χ0) is 15.1. The Morgan fingerprint density at radius 3 is 2.62 bits per heavy atom. The monoisotopic (exact) mass is 287 g/mol. The molecule has 2 aromatic rings. The molecule has 0 heterocycles. The first-order chi connectivity index (χ1) is 10.2. The molecule has 1 unspecified atom stereocenters. The molecule has 0 bridgehead atoms. The van der Waals surface area contributed by atoms with Crippen LogP contribution >= 0.6 is 0 Å². The quantitative estimate of drug-likeness (QED) is 0.821. The molecule has 0 aliphatic rings. The summed E-state index contributed by atoms with van der Waals surface area (Å²) < 4.78 is 10.6. The highest BCUT2D eigenvalue weighted by Crippen LogP contribution is 2.21. The standard InChI is InChI=1S/C17H21NO3/c1-3-21-16-9-5-7-14(11-16)18-12-17(19)13-6-4-8-15(10-13)20-2/h4-11,17-19H,3,12H2,1-2H3. The highest BCUT2D eigenvalue weighted by atomic mass is 16.5. The Morgan fingerprint density at radius 1 is 1.10 bits per heavy atom. The number of ether oxygens (including phenoxy) is 2. The maximum absolute atomic E-state index is 10.2. The van der Waals surface area contributed by atoms with Crippen molar-refractivity contribution >= 4 is 5.69 Å². The van der Waals surface area contributed by atoms with Gasteiger partial charge in [0.15, 0.2) is 0 Å². The van der Waals surface area contributed by atoms with E-state index in [1.54, 1.807) is 7.11 Å². The lowest BCUT2D eigenvalue weighted by molar-refractivity contribution is 0.191. The summed E-state index contributed by atoms with van der Waals surface area (Å²) in [5.41, 5.74) is 1.74. The second-order valence-corrected chi connectivity index (χ2v) is 4.63. The van der Waals surface area contributed by atoms with Crippen LogP contribution in [0.5, 0.6) is 11.5 Å². The van der Waals surface area contributed by atoms with Crippen molar-refractivity contribution in [3.8, 4) is 11.5 Å². The molecule has 2 rings (SSSR count). The average molecular weight is 287 g/mol. The maximum Gasteiger partial charge on any atom is 0.121 e. The summed E-state index contributed by atoms with van der Waals surface area (Å²) in [4.78, 5) is 0. The highest BCUT2D eigenvalue weighted by Gasteiger charge is 2.08. The van der Waals surface area contributed by atoms with E-state index in [0.717, 1.165) is 22.7 Å². The SMILES string of the molecule is CCOc1cccc(NCC(O)c2cccc(OC)c2)c1. The topological polar surface area (TPSA) is 50.7 Å². The Labute approximate surface area is 125 Å². The first kappa shape index (κ1) is 15.2. The number of nitrogens with one attached hydrogen (secondary N) is 1. The van der Waals surface area contributed by atoms with Gasteiger partial charge in [-0.3, -0.25) is 0 Å². The summed E-state index contributed by atoms with van der Waals surface area (Å²) in [7, 11) is 1.61. The minimum atomic E-state index is -0.601. The van der Waals surface area contributed by atoms with E-state index >= 15 is 0 Å². The fourth-order valence-electron chi connectivity index (χ4n) is 2.04. The molecule has 0 aliphatic heterocycles. The van der Waals surface area contributed by atoms with Crippen LogP contribution in [0.15, 0.2) is 48.5 Å². The van der Waals surface area contributed by atoms with Gasteiger partial charge in [-0.15, -0.1) is 0 Å². The maximum atomic E-state index is 10.2. The highest BCUT2D eigenvalue weighted by molar-refractivity contribution is 5.48. The van der Waals surface area contributed by atoms with Crippen LogP contribution in [0.2, 0.25) is 0 Å². The van der Waals surface area contributed by atoms with Gasteiger partial charge in [0, 0.05) is 18.3 Å². The van der Waals surface area contributed by atoms with Gasteiger partial charge in [-0.2, -0.15) is 0 Å². The number of hydrogen-bond acceptors (Lipinski definition) is 4. The molecule has 0 amide bonds. The van der Waals surface area contributed by atoms with Gasteiger partial charge in [-0.1, -0.05) is 18.2 Å². The largest absolute Gasteiger partial charge is 0.497 e. The van der Waals surface area contributed by atoms with Crippen LogP contribution in [-0.2, 0) is 0 Å². The molecule has 2 N–H and O–H groups in total. The molecule has 0 radical (unpaired) electrons. The molecule has 4 heteroatoms. The van der Waals surface area contributed by atoms with E-state index in [2.05, 4.69) is 5.32 Å². The molecular weight excluding hydrogens is 266 g/mol. The third kappa shape index (κ3) is 4.39. The Kier molecular flexibility index (Phi) is 5.46. The molecule has 4 nitrogen and oxygen atoms in total. The summed E-state index contributed by atoms with van der Waals surface area (Å²) >= 11 is 0. The van der Waals surface area contributed by atoms with Crippen LogP contribution in [0.4, 0.5) is 5.69 Å². The number of aliphatic hydroxyl groups excluding tert-OH is 1. The summed E-state index contributed by atoms with van der Waals surface area (Å²) in [5.74, 6) is 1.56. The number of methoxy groups -OCH3 is 1. The van der Waals surface area contributed by atoms with Crippen molar-refractivity contribution in [2.75, 3.05) is 25.6 Å². The Hall–Kier alpha value is -2.20. The lowest BCUT2D eigenvalue weighted by atomic mass is 10.1. The van der Waals surface area contributed by atoms with Gasteiger partial charge < -0.3 is 19.9 Å². The molecule has 1 atom stereocenters. The van der Waals surface area contributed by atoms with Crippen LogP contribution in [0.25, 0.3) is 0 Å². The summed E-state index contributed by atoms with van der Waals surface area (Å²) in [6.07, 6.45) is -0.601. The third-order valence-corrected chi connectivity index (χ3v) is 3.12. The Bertz CT molecular complexity index is 571. The van der Waals surface area contributed by atoms with Crippen molar-refractivity contribution in [1.82, 2.24) is 0 Å². The summed E-state index contributed by atoms with van der Waals surface area (Å²) in [5, 5.41) is 13.4. The molecule has 0 saturated carbocycles. The Balaban J connectivity index is 1.96. The van der Waals surface area contributed by atoms with E-state index in [4.69, 9.17) is 9.47 Å². The first-order valence-corrected chi connectivity index (χ1v) is 7.01. The first-order valence-electron chi connectivity index (χ1n) is 7.01. The van der Waals surface area contributed by atoms with E-state index in [-0.39, 0.29) is 0 Å². The molecule has 0 aliphatic carbocycles. The Morgan fingerprint density at radius 2 is 1.86 bits per heavy atom. The minimum absolute atomic E-state index is 0.419. The zero-order valence-electron chi connectivity index (χ0n) is 12.4. The van der Waals surface area contributed by atoms with Crippen molar-refractivity contribution in [1.29, 1.82) is 0 Å². The van der Waals surface area contributed by atoms with Gasteiger partial charge >= 0.3 is 0 Å². The van der Waals surface area contributed by atoms with Gasteiger partial charge in [-0.25, -0.2) is 0 Å². The average Bonchev–Trinajstić information content (AvgIpc) is 2.53. The zero-order valence-corrected chi connectivity index (χ0v) is 12.4. The van der Waals surface area contributed by atoms with Crippen molar-refractivity contribution in [2.24, 2.45) is 0 Å². The van der Waals surface area contributed by atoms with Crippen LogP contribution in [0.1, 0.15) is 18.6 Å². The fourth-order valence-corrected chi connectivity index (χ4v) is 2.04. The van der Waals surface area contributed by atoms with E-state index in [1.807, 2.05) is 55.5 Å². The van der Waals surface area contributed by atoms with Gasteiger partial charge in [0.25, 0.3) is 0 Å². The number of aliphatic hydroxyl groups is 1. The summed E-state index contributed by atoms with van der Waals surface area (Å²) in [6.45, 7) is 3.01. The van der Waals surface area contributed by atoms with Crippen molar-refractivity contribution in [3.05, 3.63) is 54.1 Å². The number of benzene rings is 2. The van der Waals surface area contributed by atoms with Crippen LogP contribution < -0.4 is 14.8 Å². The molecule has 0 aromatic heterocycles.